The van der Waals surface area contributed by atoms with Gasteiger partial charge in [-0.15, -0.1) is 0 Å². The van der Waals surface area contributed by atoms with Crippen LogP contribution in [0, 0.1) is 0 Å². The van der Waals surface area contributed by atoms with E-state index in [9.17, 15) is 0 Å². The smallest absolute Gasteiger partial charge is 0.118 e. The molecule has 0 aromatic heterocycles. The second kappa shape index (κ2) is 10.5. The molecule has 0 heterocycles. The lowest BCUT2D eigenvalue weighted by molar-refractivity contribution is -0.671. The highest BCUT2D eigenvalue weighted by atomic mass is 16.5. The third-order valence-electron chi connectivity index (χ3n) is 5.17. The van der Waals surface area contributed by atoms with Crippen molar-refractivity contribution in [3.05, 3.63) is 95.6 Å². The quantitative estimate of drug-likeness (QED) is 0.539. The minimum absolute atomic E-state index is 0.500. The van der Waals surface area contributed by atoms with Crippen molar-refractivity contribution in [2.75, 3.05) is 20.8 Å². The Labute approximate surface area is 168 Å². The Kier molecular flexibility index (Phi) is 7.51. The predicted molar refractivity (Wildman–Crippen MR) is 114 cm³/mol. The number of methoxy groups -OCH3 is 2. The van der Waals surface area contributed by atoms with E-state index in [1.54, 1.807) is 14.2 Å². The largest absolute Gasteiger partial charge is 0.497 e. The monoisotopic (exact) mass is 376 g/mol. The first-order valence-electron chi connectivity index (χ1n) is 9.91. The van der Waals surface area contributed by atoms with Crippen LogP contribution in [0.15, 0.2) is 78.9 Å². The van der Waals surface area contributed by atoms with Crippen molar-refractivity contribution in [1.82, 2.24) is 0 Å². The Morgan fingerprint density at radius 2 is 1.32 bits per heavy atom. The molecule has 3 nitrogen and oxygen atoms in total. The van der Waals surface area contributed by atoms with Crippen molar-refractivity contribution in [3.63, 3.8) is 0 Å². The molecule has 0 bridgehead atoms. The Bertz CT molecular complexity index is 813. The summed E-state index contributed by atoms with van der Waals surface area (Å²) in [5, 5.41) is 2.39. The molecule has 0 radical (unpaired) electrons. The summed E-state index contributed by atoms with van der Waals surface area (Å²) in [5.41, 5.74) is 4.09. The van der Waals surface area contributed by atoms with Gasteiger partial charge in [-0.3, -0.25) is 0 Å². The van der Waals surface area contributed by atoms with E-state index in [2.05, 4.69) is 72.0 Å². The first kappa shape index (κ1) is 20.0. The van der Waals surface area contributed by atoms with E-state index in [1.165, 1.54) is 16.7 Å². The summed E-state index contributed by atoms with van der Waals surface area (Å²) in [6.45, 7) is 2.08. The molecule has 1 atom stereocenters. The van der Waals surface area contributed by atoms with Gasteiger partial charge in [0.05, 0.1) is 20.8 Å². The highest BCUT2D eigenvalue weighted by Crippen LogP contribution is 2.25. The Balaban J connectivity index is 1.59. The Morgan fingerprint density at radius 1 is 0.714 bits per heavy atom. The summed E-state index contributed by atoms with van der Waals surface area (Å²) in [7, 11) is 3.41. The van der Waals surface area contributed by atoms with E-state index in [0.29, 0.717) is 5.92 Å². The maximum absolute atomic E-state index is 5.32. The average molecular weight is 377 g/mol. The molecule has 0 aliphatic rings. The summed E-state index contributed by atoms with van der Waals surface area (Å²) < 4.78 is 10.5. The zero-order valence-corrected chi connectivity index (χ0v) is 16.8. The first-order valence-corrected chi connectivity index (χ1v) is 9.91. The third-order valence-corrected chi connectivity index (χ3v) is 5.17. The second-order valence-corrected chi connectivity index (χ2v) is 7.08. The number of hydrogen-bond acceptors (Lipinski definition) is 2. The standard InChI is InChI=1S/C25H29NO2/c1-27-24-12-8-21(9-13-24)19-26-17-16-23(18-20-6-4-3-5-7-20)22-10-14-25(28-2)15-11-22/h3-15,23,26H,16-19H2,1-2H3/p+1/t23-/m0/s1. The van der Waals surface area contributed by atoms with Crippen LogP contribution in [0.25, 0.3) is 0 Å². The molecule has 0 unspecified atom stereocenters. The van der Waals surface area contributed by atoms with Gasteiger partial charge in [0.25, 0.3) is 0 Å². The van der Waals surface area contributed by atoms with Crippen LogP contribution in [0.4, 0.5) is 0 Å². The van der Waals surface area contributed by atoms with Crippen LogP contribution in [0.5, 0.6) is 11.5 Å². The van der Waals surface area contributed by atoms with Crippen molar-refractivity contribution >= 4 is 0 Å². The maximum atomic E-state index is 5.32. The average Bonchev–Trinajstić information content (AvgIpc) is 2.77. The van der Waals surface area contributed by atoms with Gasteiger partial charge < -0.3 is 14.8 Å². The van der Waals surface area contributed by atoms with Crippen molar-refractivity contribution < 1.29 is 14.8 Å². The molecule has 3 rings (SSSR count). The van der Waals surface area contributed by atoms with Crippen molar-refractivity contribution in [1.29, 1.82) is 0 Å². The highest BCUT2D eigenvalue weighted by Gasteiger charge is 2.14. The van der Waals surface area contributed by atoms with Gasteiger partial charge in [0.1, 0.15) is 18.0 Å². The van der Waals surface area contributed by atoms with Crippen LogP contribution >= 0.6 is 0 Å². The number of hydrogen-bond donors (Lipinski definition) is 1. The van der Waals surface area contributed by atoms with E-state index in [-0.39, 0.29) is 0 Å². The van der Waals surface area contributed by atoms with Gasteiger partial charge in [-0.25, -0.2) is 0 Å². The molecule has 0 aliphatic carbocycles. The van der Waals surface area contributed by atoms with E-state index < -0.39 is 0 Å². The minimum Gasteiger partial charge on any atom is -0.497 e. The molecule has 3 heteroatoms. The summed E-state index contributed by atoms with van der Waals surface area (Å²) in [6, 6.07) is 27.6. The van der Waals surface area contributed by atoms with Crippen LogP contribution in [0.1, 0.15) is 29.0 Å². The lowest BCUT2D eigenvalue weighted by Gasteiger charge is -2.17. The number of quaternary nitrogens is 1. The molecule has 0 aliphatic heterocycles. The van der Waals surface area contributed by atoms with Crippen LogP contribution in [-0.2, 0) is 13.0 Å². The lowest BCUT2D eigenvalue weighted by Crippen LogP contribution is -2.82. The topological polar surface area (TPSA) is 35.1 Å². The number of nitrogens with two attached hydrogens (primary N) is 1. The van der Waals surface area contributed by atoms with Crippen molar-refractivity contribution in [2.24, 2.45) is 0 Å². The highest BCUT2D eigenvalue weighted by molar-refractivity contribution is 5.31. The molecule has 0 saturated carbocycles. The fraction of sp³-hybridized carbons (Fsp3) is 0.280. The van der Waals surface area contributed by atoms with Gasteiger partial charge in [0.15, 0.2) is 0 Å². The molecule has 146 valence electrons. The molecule has 0 saturated heterocycles. The molecular formula is C25H30NO2+. The van der Waals surface area contributed by atoms with Crippen LogP contribution < -0.4 is 14.8 Å². The zero-order valence-electron chi connectivity index (χ0n) is 16.8. The van der Waals surface area contributed by atoms with Gasteiger partial charge in [0, 0.05) is 12.0 Å². The Morgan fingerprint density at radius 3 is 1.93 bits per heavy atom. The van der Waals surface area contributed by atoms with E-state index in [0.717, 1.165) is 37.4 Å². The zero-order chi connectivity index (χ0) is 19.6. The third kappa shape index (κ3) is 5.86. The van der Waals surface area contributed by atoms with Gasteiger partial charge in [0.2, 0.25) is 0 Å². The van der Waals surface area contributed by atoms with Gasteiger partial charge in [-0.2, -0.15) is 0 Å². The summed E-state index contributed by atoms with van der Waals surface area (Å²) in [6.07, 6.45) is 2.20. The summed E-state index contributed by atoms with van der Waals surface area (Å²) in [4.78, 5) is 0. The molecular weight excluding hydrogens is 346 g/mol. The number of ether oxygens (including phenoxy) is 2. The van der Waals surface area contributed by atoms with Crippen LogP contribution in [0.3, 0.4) is 0 Å². The first-order chi connectivity index (χ1) is 13.8. The number of rotatable bonds is 10. The van der Waals surface area contributed by atoms with E-state index in [4.69, 9.17) is 9.47 Å². The minimum atomic E-state index is 0.500. The van der Waals surface area contributed by atoms with Gasteiger partial charge >= 0.3 is 0 Å². The molecule has 2 N–H and O–H groups in total. The maximum Gasteiger partial charge on any atom is 0.118 e. The SMILES string of the molecule is COc1ccc(C[NH2+]CC[C@@H](Cc2ccccc2)c2ccc(OC)cc2)cc1. The molecule has 28 heavy (non-hydrogen) atoms. The predicted octanol–water partition coefficient (Wildman–Crippen LogP) is 4.18. The Hall–Kier alpha value is -2.78. The van der Waals surface area contributed by atoms with Crippen molar-refractivity contribution in [2.45, 2.75) is 25.3 Å². The summed E-state index contributed by atoms with van der Waals surface area (Å²) in [5.74, 6) is 2.32. The normalized spacial score (nSPS) is 11.8. The molecule has 3 aromatic carbocycles. The van der Waals surface area contributed by atoms with Crippen LogP contribution in [0.2, 0.25) is 0 Å². The fourth-order valence-corrected chi connectivity index (χ4v) is 3.51. The molecule has 0 fully saturated rings. The molecule has 0 spiro atoms. The second-order valence-electron chi connectivity index (χ2n) is 7.08. The molecule has 3 aromatic rings. The van der Waals surface area contributed by atoms with Gasteiger partial charge in [-0.1, -0.05) is 42.5 Å². The summed E-state index contributed by atoms with van der Waals surface area (Å²) >= 11 is 0. The fourth-order valence-electron chi connectivity index (χ4n) is 3.51. The van der Waals surface area contributed by atoms with Crippen LogP contribution in [-0.4, -0.2) is 20.8 Å². The molecule has 0 amide bonds. The number of benzene rings is 3. The van der Waals surface area contributed by atoms with E-state index >= 15 is 0 Å². The van der Waals surface area contributed by atoms with Gasteiger partial charge in [-0.05, 0) is 59.9 Å². The lowest BCUT2D eigenvalue weighted by atomic mass is 9.89. The van der Waals surface area contributed by atoms with Crippen molar-refractivity contribution in [3.8, 4) is 11.5 Å². The van der Waals surface area contributed by atoms with E-state index in [1.807, 2.05) is 12.1 Å².